The normalized spacial score (nSPS) is 10.7. The first kappa shape index (κ1) is 28.7. The summed E-state index contributed by atoms with van der Waals surface area (Å²) in [5, 5.41) is 3.53. The summed E-state index contributed by atoms with van der Waals surface area (Å²) in [6.07, 6.45) is 1.92. The van der Waals surface area contributed by atoms with E-state index in [0.717, 1.165) is 37.1 Å². The number of nitrogens with one attached hydrogen (secondary N) is 1. The molecule has 38 heavy (non-hydrogen) atoms. The van der Waals surface area contributed by atoms with Gasteiger partial charge in [0.1, 0.15) is 11.5 Å². The molecule has 0 aliphatic rings. The van der Waals surface area contributed by atoms with Crippen LogP contribution in [0.15, 0.2) is 78.9 Å². The first-order valence-corrected chi connectivity index (χ1v) is 13.1. The Morgan fingerprint density at radius 3 is 1.68 bits per heavy atom. The molecule has 7 heteroatoms. The number of hydrogen-bond donors (Lipinski definition) is 1. The molecule has 1 N–H and O–H groups in total. The lowest BCUT2D eigenvalue weighted by Gasteiger charge is -2.19. The van der Waals surface area contributed by atoms with Gasteiger partial charge in [0.25, 0.3) is 0 Å². The van der Waals surface area contributed by atoms with E-state index >= 15 is 0 Å². The number of hydrogen-bond acceptors (Lipinski definition) is 7. The molecule has 202 valence electrons. The second-order valence-corrected chi connectivity index (χ2v) is 8.68. The molecule has 0 atom stereocenters. The standard InChI is InChI=1S/C31H37NO6/c1-3-35-30(33)22-37-27-16-12-25(13-17-27)29(11-8-20-32-21-24-9-6-5-7-10-24)26-14-18-28(19-15-26)38-23-31(34)36-4-2/h5-7,9-10,12-19,29,32H,3-4,8,11,20-23H2,1-2H3. The van der Waals surface area contributed by atoms with Crippen LogP contribution in [0.25, 0.3) is 0 Å². The van der Waals surface area contributed by atoms with Crippen LogP contribution < -0.4 is 14.8 Å². The summed E-state index contributed by atoms with van der Waals surface area (Å²) in [5.74, 6) is 0.623. The molecule has 0 unspecified atom stereocenters. The second kappa shape index (κ2) is 16.1. The monoisotopic (exact) mass is 519 g/mol. The van der Waals surface area contributed by atoms with E-state index in [-0.39, 0.29) is 31.1 Å². The lowest BCUT2D eigenvalue weighted by Crippen LogP contribution is -2.16. The Bertz CT molecular complexity index is 1030. The highest BCUT2D eigenvalue weighted by atomic mass is 16.6. The fourth-order valence-electron chi connectivity index (χ4n) is 4.07. The number of rotatable bonds is 16. The fraction of sp³-hybridized carbons (Fsp3) is 0.355. The molecule has 0 radical (unpaired) electrons. The molecule has 3 rings (SSSR count). The molecular formula is C31H37NO6. The molecule has 0 saturated heterocycles. The van der Waals surface area contributed by atoms with Crippen LogP contribution in [0.4, 0.5) is 0 Å². The van der Waals surface area contributed by atoms with Crippen LogP contribution >= 0.6 is 0 Å². The summed E-state index contributed by atoms with van der Waals surface area (Å²) in [4.78, 5) is 23.2. The summed E-state index contributed by atoms with van der Waals surface area (Å²) in [7, 11) is 0. The quantitative estimate of drug-likeness (QED) is 0.204. The zero-order valence-electron chi connectivity index (χ0n) is 22.2. The topological polar surface area (TPSA) is 83.1 Å². The van der Waals surface area contributed by atoms with Crippen molar-refractivity contribution in [2.45, 2.75) is 39.2 Å². The van der Waals surface area contributed by atoms with Crippen LogP contribution in [0.5, 0.6) is 11.5 Å². The maximum Gasteiger partial charge on any atom is 0.344 e. The maximum atomic E-state index is 11.6. The van der Waals surface area contributed by atoms with Crippen molar-refractivity contribution in [2.75, 3.05) is 33.0 Å². The van der Waals surface area contributed by atoms with E-state index in [1.54, 1.807) is 13.8 Å². The van der Waals surface area contributed by atoms with Gasteiger partial charge in [-0.15, -0.1) is 0 Å². The van der Waals surface area contributed by atoms with Gasteiger partial charge in [-0.25, -0.2) is 9.59 Å². The second-order valence-electron chi connectivity index (χ2n) is 8.68. The third-order valence-electron chi connectivity index (χ3n) is 5.91. The fourth-order valence-corrected chi connectivity index (χ4v) is 4.07. The van der Waals surface area contributed by atoms with Gasteiger partial charge < -0.3 is 24.3 Å². The molecule has 3 aromatic carbocycles. The van der Waals surface area contributed by atoms with Gasteiger partial charge in [-0.05, 0) is 74.2 Å². The highest BCUT2D eigenvalue weighted by molar-refractivity contribution is 5.71. The summed E-state index contributed by atoms with van der Waals surface area (Å²) in [5.41, 5.74) is 3.56. The van der Waals surface area contributed by atoms with Gasteiger partial charge in [0.2, 0.25) is 0 Å². The van der Waals surface area contributed by atoms with E-state index < -0.39 is 0 Å². The Kier molecular flexibility index (Phi) is 12.2. The van der Waals surface area contributed by atoms with Crippen LogP contribution in [-0.4, -0.2) is 44.9 Å². The molecule has 0 aliphatic heterocycles. The molecule has 0 heterocycles. The zero-order chi connectivity index (χ0) is 27.0. The summed E-state index contributed by atoms with van der Waals surface area (Å²) in [6.45, 7) is 5.70. The molecule has 0 aromatic heterocycles. The molecule has 0 saturated carbocycles. The van der Waals surface area contributed by atoms with Gasteiger partial charge in [0, 0.05) is 12.5 Å². The van der Waals surface area contributed by atoms with Crippen molar-refractivity contribution in [1.82, 2.24) is 5.32 Å². The van der Waals surface area contributed by atoms with Gasteiger partial charge in [-0.3, -0.25) is 0 Å². The average molecular weight is 520 g/mol. The minimum Gasteiger partial charge on any atom is -0.482 e. The molecule has 0 aliphatic carbocycles. The van der Waals surface area contributed by atoms with E-state index in [1.165, 1.54) is 5.56 Å². The number of esters is 2. The number of benzene rings is 3. The van der Waals surface area contributed by atoms with E-state index in [4.69, 9.17) is 18.9 Å². The Labute approximate surface area is 225 Å². The van der Waals surface area contributed by atoms with Crippen LogP contribution in [0.1, 0.15) is 49.3 Å². The van der Waals surface area contributed by atoms with E-state index in [1.807, 2.05) is 66.7 Å². The molecule has 0 spiro atoms. The smallest absolute Gasteiger partial charge is 0.344 e. The van der Waals surface area contributed by atoms with Gasteiger partial charge in [-0.2, -0.15) is 0 Å². The summed E-state index contributed by atoms with van der Waals surface area (Å²) in [6, 6.07) is 26.0. The van der Waals surface area contributed by atoms with Gasteiger partial charge >= 0.3 is 11.9 Å². The predicted octanol–water partition coefficient (Wildman–Crippen LogP) is 5.27. The van der Waals surface area contributed by atoms with Crippen molar-refractivity contribution in [1.29, 1.82) is 0 Å². The number of ether oxygens (including phenoxy) is 4. The molecule has 3 aromatic rings. The lowest BCUT2D eigenvalue weighted by molar-refractivity contribution is -0.146. The van der Waals surface area contributed by atoms with E-state index in [2.05, 4.69) is 17.4 Å². The van der Waals surface area contributed by atoms with Gasteiger partial charge in [-0.1, -0.05) is 54.6 Å². The van der Waals surface area contributed by atoms with Crippen molar-refractivity contribution in [3.8, 4) is 11.5 Å². The van der Waals surface area contributed by atoms with Crippen molar-refractivity contribution >= 4 is 11.9 Å². The molecule has 0 fully saturated rings. The number of carbonyl (C=O) groups is 2. The van der Waals surface area contributed by atoms with Crippen LogP contribution in [0, 0.1) is 0 Å². The lowest BCUT2D eigenvalue weighted by atomic mass is 9.87. The first-order valence-electron chi connectivity index (χ1n) is 13.1. The van der Waals surface area contributed by atoms with Gasteiger partial charge in [0.05, 0.1) is 13.2 Å². The third-order valence-corrected chi connectivity index (χ3v) is 5.91. The predicted molar refractivity (Wildman–Crippen MR) is 146 cm³/mol. The van der Waals surface area contributed by atoms with Crippen molar-refractivity contribution in [2.24, 2.45) is 0 Å². The first-order chi connectivity index (χ1) is 18.6. The molecular weight excluding hydrogens is 482 g/mol. The third kappa shape index (κ3) is 9.90. The summed E-state index contributed by atoms with van der Waals surface area (Å²) < 4.78 is 21.0. The minimum atomic E-state index is -0.386. The summed E-state index contributed by atoms with van der Waals surface area (Å²) >= 11 is 0. The maximum absolute atomic E-state index is 11.6. The zero-order valence-corrected chi connectivity index (χ0v) is 22.2. The molecule has 0 bridgehead atoms. The van der Waals surface area contributed by atoms with E-state index in [9.17, 15) is 9.59 Å². The highest BCUT2D eigenvalue weighted by Gasteiger charge is 2.15. The molecule has 0 amide bonds. The van der Waals surface area contributed by atoms with Crippen LogP contribution in [-0.2, 0) is 25.6 Å². The largest absolute Gasteiger partial charge is 0.482 e. The Morgan fingerprint density at radius 2 is 1.21 bits per heavy atom. The average Bonchev–Trinajstić information content (AvgIpc) is 2.94. The molecule has 7 nitrogen and oxygen atoms in total. The highest BCUT2D eigenvalue weighted by Crippen LogP contribution is 2.31. The Balaban J connectivity index is 1.63. The number of carbonyl (C=O) groups excluding carboxylic acids is 2. The van der Waals surface area contributed by atoms with Crippen LogP contribution in [0.3, 0.4) is 0 Å². The Hall–Kier alpha value is -3.84. The van der Waals surface area contributed by atoms with Gasteiger partial charge in [0.15, 0.2) is 13.2 Å². The van der Waals surface area contributed by atoms with E-state index in [0.29, 0.717) is 24.7 Å². The Morgan fingerprint density at radius 1 is 0.711 bits per heavy atom. The SMILES string of the molecule is CCOC(=O)COc1ccc(C(CCCNCc2ccccc2)c2ccc(OCC(=O)OCC)cc2)cc1. The van der Waals surface area contributed by atoms with Crippen molar-refractivity contribution in [3.63, 3.8) is 0 Å². The van der Waals surface area contributed by atoms with Crippen LogP contribution in [0.2, 0.25) is 0 Å². The minimum absolute atomic E-state index is 0.114. The van der Waals surface area contributed by atoms with Crippen molar-refractivity contribution in [3.05, 3.63) is 95.6 Å². The van der Waals surface area contributed by atoms with Crippen molar-refractivity contribution < 1.29 is 28.5 Å².